The van der Waals surface area contributed by atoms with Gasteiger partial charge in [-0.25, -0.2) is 0 Å². The van der Waals surface area contributed by atoms with E-state index < -0.39 is 6.04 Å². The van der Waals surface area contributed by atoms with Gasteiger partial charge in [0.2, 0.25) is 5.91 Å². The number of ether oxygens (including phenoxy) is 3. The molecule has 0 bridgehead atoms. The van der Waals surface area contributed by atoms with Crippen LogP contribution in [0.2, 0.25) is 0 Å². The zero-order valence-corrected chi connectivity index (χ0v) is 24.0. The molecule has 5 rings (SSSR count). The largest absolute Gasteiger partial charge is 0.497 e. The number of carbonyl (C=O) groups excluding carboxylic acids is 2. The maximum atomic E-state index is 13.5. The number of Topliss-reactive ketones (excluding diaryl/α,β-unsaturated/α-hetero) is 1. The first-order chi connectivity index (χ1) is 20.5. The lowest BCUT2D eigenvalue weighted by Gasteiger charge is -2.19. The fourth-order valence-electron chi connectivity index (χ4n) is 5.10. The predicted molar refractivity (Wildman–Crippen MR) is 164 cm³/mol. The zero-order chi connectivity index (χ0) is 29.3. The van der Waals surface area contributed by atoms with Gasteiger partial charge in [0.25, 0.3) is 0 Å². The van der Waals surface area contributed by atoms with Crippen LogP contribution in [0.3, 0.4) is 0 Å². The molecule has 0 fully saturated rings. The van der Waals surface area contributed by atoms with Crippen molar-refractivity contribution in [1.82, 2.24) is 5.32 Å². The number of nitrogens with one attached hydrogen (secondary N) is 1. The van der Waals surface area contributed by atoms with Gasteiger partial charge in [0.1, 0.15) is 23.3 Å². The Morgan fingerprint density at radius 2 is 1.45 bits per heavy atom. The van der Waals surface area contributed by atoms with Crippen molar-refractivity contribution in [2.45, 2.75) is 38.8 Å². The second-order valence-corrected chi connectivity index (χ2v) is 10.5. The number of carbonyl (C=O) groups is 2. The van der Waals surface area contributed by atoms with Crippen LogP contribution in [-0.2, 0) is 33.8 Å². The van der Waals surface area contributed by atoms with Gasteiger partial charge in [0.05, 0.1) is 26.7 Å². The van der Waals surface area contributed by atoms with E-state index in [4.69, 9.17) is 14.2 Å². The minimum Gasteiger partial charge on any atom is -0.497 e. The van der Waals surface area contributed by atoms with E-state index in [0.717, 1.165) is 45.8 Å². The molecule has 4 aromatic carbocycles. The summed E-state index contributed by atoms with van der Waals surface area (Å²) in [5.74, 6) is 1.85. The molecule has 1 amide bonds. The number of ketones is 1. The maximum absolute atomic E-state index is 13.5. The van der Waals surface area contributed by atoms with Crippen molar-refractivity contribution in [3.05, 3.63) is 131 Å². The monoisotopic (exact) mass is 561 g/mol. The average Bonchev–Trinajstić information content (AvgIpc) is 3.32. The first-order valence-corrected chi connectivity index (χ1v) is 14.1. The Bertz CT molecular complexity index is 1550. The summed E-state index contributed by atoms with van der Waals surface area (Å²) in [5.41, 5.74) is 6.17. The third kappa shape index (κ3) is 7.53. The lowest BCUT2D eigenvalue weighted by Crippen LogP contribution is -2.44. The summed E-state index contributed by atoms with van der Waals surface area (Å²) in [5, 5.41) is 2.97. The topological polar surface area (TPSA) is 73.9 Å². The highest BCUT2D eigenvalue weighted by molar-refractivity contribution is 5.96. The van der Waals surface area contributed by atoms with Gasteiger partial charge in [-0.2, -0.15) is 0 Å². The molecule has 0 heterocycles. The SMILES string of the molecule is COc1ccc2c(c1)C(CC(=O)NC(COCc1ccccc1)C(=O)Cc1ccc(Oc3ccccc3)cc1)=C(C)C2. The van der Waals surface area contributed by atoms with Crippen LogP contribution in [0.4, 0.5) is 0 Å². The van der Waals surface area contributed by atoms with E-state index >= 15 is 0 Å². The fraction of sp³-hybridized carbons (Fsp3) is 0.222. The minimum absolute atomic E-state index is 0.0805. The molecule has 1 unspecified atom stereocenters. The third-order valence-electron chi connectivity index (χ3n) is 7.35. The summed E-state index contributed by atoms with van der Waals surface area (Å²) in [4.78, 5) is 26.8. The molecule has 1 N–H and O–H groups in total. The van der Waals surface area contributed by atoms with Crippen LogP contribution < -0.4 is 14.8 Å². The molecule has 0 aliphatic heterocycles. The van der Waals surface area contributed by atoms with Crippen molar-refractivity contribution in [3.63, 3.8) is 0 Å². The smallest absolute Gasteiger partial charge is 0.225 e. The molecule has 0 aromatic heterocycles. The van der Waals surface area contributed by atoms with E-state index in [-0.39, 0.29) is 31.1 Å². The van der Waals surface area contributed by atoms with Crippen molar-refractivity contribution >= 4 is 17.3 Å². The summed E-state index contributed by atoms with van der Waals surface area (Å²) in [6.07, 6.45) is 1.14. The van der Waals surface area contributed by atoms with Gasteiger partial charge in [0, 0.05) is 6.42 Å². The number of para-hydroxylation sites is 1. The normalized spacial score (nSPS) is 12.9. The van der Waals surface area contributed by atoms with Crippen molar-refractivity contribution in [3.8, 4) is 17.2 Å². The molecule has 1 aliphatic rings. The van der Waals surface area contributed by atoms with Crippen LogP contribution in [0.5, 0.6) is 17.2 Å². The van der Waals surface area contributed by atoms with E-state index in [1.165, 1.54) is 5.56 Å². The van der Waals surface area contributed by atoms with E-state index in [2.05, 4.69) is 5.32 Å². The van der Waals surface area contributed by atoms with Crippen LogP contribution in [0.15, 0.2) is 109 Å². The number of rotatable bonds is 13. The summed E-state index contributed by atoms with van der Waals surface area (Å²) in [6.45, 7) is 2.48. The first-order valence-electron chi connectivity index (χ1n) is 14.1. The second kappa shape index (κ2) is 13.8. The quantitative estimate of drug-likeness (QED) is 0.196. The Hall–Kier alpha value is -4.68. The van der Waals surface area contributed by atoms with Gasteiger partial charge in [0.15, 0.2) is 5.78 Å². The standard InChI is InChI=1S/C36H35NO5/c1-25-19-28-15-18-31(40-2)21-33(28)32(25)22-36(39)37-34(24-41-23-27-9-5-3-6-10-27)35(38)20-26-13-16-30(17-14-26)42-29-11-7-4-8-12-29/h3-18,21,34H,19-20,22-24H2,1-2H3,(H,37,39). The number of allylic oxidation sites excluding steroid dienone is 1. The number of benzene rings is 4. The van der Waals surface area contributed by atoms with Crippen LogP contribution in [0.1, 0.15) is 35.6 Å². The Kier molecular flexibility index (Phi) is 9.47. The third-order valence-corrected chi connectivity index (χ3v) is 7.35. The molecular formula is C36H35NO5. The Labute approximate surface area is 247 Å². The summed E-state index contributed by atoms with van der Waals surface area (Å²) in [7, 11) is 1.63. The van der Waals surface area contributed by atoms with Crippen LogP contribution in [0, 0.1) is 0 Å². The number of hydrogen-bond acceptors (Lipinski definition) is 5. The van der Waals surface area contributed by atoms with Crippen LogP contribution in [-0.4, -0.2) is 31.4 Å². The molecule has 42 heavy (non-hydrogen) atoms. The Balaban J connectivity index is 1.25. The molecule has 0 saturated carbocycles. The number of methoxy groups -OCH3 is 1. The van der Waals surface area contributed by atoms with Crippen molar-refractivity contribution in [2.24, 2.45) is 0 Å². The highest BCUT2D eigenvalue weighted by Crippen LogP contribution is 2.37. The summed E-state index contributed by atoms with van der Waals surface area (Å²) >= 11 is 0. The summed E-state index contributed by atoms with van der Waals surface area (Å²) in [6, 6.07) is 31.9. The molecule has 4 aromatic rings. The molecule has 0 spiro atoms. The Morgan fingerprint density at radius 3 is 2.17 bits per heavy atom. The van der Waals surface area contributed by atoms with Crippen LogP contribution in [0.25, 0.3) is 5.57 Å². The molecule has 0 saturated heterocycles. The van der Waals surface area contributed by atoms with Gasteiger partial charge < -0.3 is 19.5 Å². The van der Waals surface area contributed by atoms with Gasteiger partial charge >= 0.3 is 0 Å². The molecule has 6 nitrogen and oxygen atoms in total. The average molecular weight is 562 g/mol. The fourth-order valence-corrected chi connectivity index (χ4v) is 5.10. The predicted octanol–water partition coefficient (Wildman–Crippen LogP) is 6.72. The molecule has 1 atom stereocenters. The van der Waals surface area contributed by atoms with E-state index in [1.807, 2.05) is 110 Å². The number of hydrogen-bond donors (Lipinski definition) is 1. The first kappa shape index (κ1) is 28.8. The van der Waals surface area contributed by atoms with Gasteiger partial charge in [-0.3, -0.25) is 9.59 Å². The number of fused-ring (bicyclic) bond motifs is 1. The number of amides is 1. The van der Waals surface area contributed by atoms with Gasteiger partial charge in [-0.15, -0.1) is 0 Å². The lowest BCUT2D eigenvalue weighted by atomic mass is 10.0. The summed E-state index contributed by atoms with van der Waals surface area (Å²) < 4.78 is 17.2. The highest BCUT2D eigenvalue weighted by Gasteiger charge is 2.25. The van der Waals surface area contributed by atoms with Crippen LogP contribution >= 0.6 is 0 Å². The molecular weight excluding hydrogens is 526 g/mol. The van der Waals surface area contributed by atoms with Crippen molar-refractivity contribution in [1.29, 1.82) is 0 Å². The Morgan fingerprint density at radius 1 is 0.786 bits per heavy atom. The van der Waals surface area contributed by atoms with E-state index in [1.54, 1.807) is 7.11 Å². The lowest BCUT2D eigenvalue weighted by molar-refractivity contribution is -0.128. The molecule has 214 valence electrons. The second-order valence-electron chi connectivity index (χ2n) is 10.5. The van der Waals surface area contributed by atoms with E-state index in [0.29, 0.717) is 12.4 Å². The molecule has 0 radical (unpaired) electrons. The van der Waals surface area contributed by atoms with E-state index in [9.17, 15) is 9.59 Å². The van der Waals surface area contributed by atoms with Crippen molar-refractivity contribution in [2.75, 3.05) is 13.7 Å². The maximum Gasteiger partial charge on any atom is 0.225 e. The van der Waals surface area contributed by atoms with Gasteiger partial charge in [-0.1, -0.05) is 72.3 Å². The van der Waals surface area contributed by atoms with Crippen molar-refractivity contribution < 1.29 is 23.8 Å². The minimum atomic E-state index is -0.784. The molecule has 1 aliphatic carbocycles. The zero-order valence-electron chi connectivity index (χ0n) is 24.0. The van der Waals surface area contributed by atoms with Gasteiger partial charge in [-0.05, 0) is 77.6 Å². The highest BCUT2D eigenvalue weighted by atomic mass is 16.5. The molecule has 6 heteroatoms.